The van der Waals surface area contributed by atoms with E-state index in [2.05, 4.69) is 4.98 Å². The van der Waals surface area contributed by atoms with Crippen molar-refractivity contribution < 1.29 is 19.2 Å². The van der Waals surface area contributed by atoms with Crippen molar-refractivity contribution in [1.82, 2.24) is 14.8 Å². The molecule has 2 aromatic carbocycles. The Kier molecular flexibility index (Phi) is 4.88. The van der Waals surface area contributed by atoms with Gasteiger partial charge in [-0.25, -0.2) is 0 Å². The summed E-state index contributed by atoms with van der Waals surface area (Å²) in [4.78, 5) is 44.9. The molecule has 9 heteroatoms. The zero-order valence-corrected chi connectivity index (χ0v) is 18.5. The van der Waals surface area contributed by atoms with Gasteiger partial charge in [-0.15, -0.1) is 0 Å². The largest absolute Gasteiger partial charge is 0.376 e. The molecule has 3 aliphatic rings. The molecular formula is C25H24N4O5. The molecule has 174 valence electrons. The maximum atomic E-state index is 13.7. The molecule has 0 spiro atoms. The predicted octanol–water partition coefficient (Wildman–Crippen LogP) is 2.94. The van der Waals surface area contributed by atoms with Crippen LogP contribution >= 0.6 is 0 Å². The van der Waals surface area contributed by atoms with Crippen LogP contribution in [0.4, 0.5) is 5.69 Å². The molecule has 2 amide bonds. The number of non-ortho nitro benzene ring substituents is 1. The Labute approximate surface area is 195 Å². The lowest BCUT2D eigenvalue weighted by Gasteiger charge is -2.47. The number of nitrogens with one attached hydrogen (secondary N) is 1. The SMILES string of the molecule is O=C1[C@H]2Cc3c([nH]c4ccccc34)[C@@H](c3cccc([N+](=O)[O-])c3)N2C(=O)CN1C[C@H]1CCCO1. The second-order valence-corrected chi connectivity index (χ2v) is 9.19. The number of rotatable bonds is 4. The lowest BCUT2D eigenvalue weighted by atomic mass is 9.86. The number of aromatic amines is 1. The summed E-state index contributed by atoms with van der Waals surface area (Å²) >= 11 is 0. The van der Waals surface area contributed by atoms with Gasteiger partial charge in [0.25, 0.3) is 5.69 Å². The van der Waals surface area contributed by atoms with Gasteiger partial charge >= 0.3 is 0 Å². The zero-order chi connectivity index (χ0) is 23.4. The van der Waals surface area contributed by atoms with Gasteiger partial charge in [-0.1, -0.05) is 30.3 Å². The van der Waals surface area contributed by atoms with Crippen LogP contribution in [0.5, 0.6) is 0 Å². The minimum atomic E-state index is -0.668. The lowest BCUT2D eigenvalue weighted by molar-refractivity contribution is -0.384. The van der Waals surface area contributed by atoms with Gasteiger partial charge in [-0.2, -0.15) is 0 Å². The Balaban J connectivity index is 1.47. The average molecular weight is 460 g/mol. The van der Waals surface area contributed by atoms with Gasteiger partial charge in [-0.3, -0.25) is 19.7 Å². The van der Waals surface area contributed by atoms with Crippen LogP contribution in [0, 0.1) is 10.1 Å². The number of nitro benzene ring substituents is 1. The minimum Gasteiger partial charge on any atom is -0.376 e. The molecule has 3 atom stereocenters. The number of para-hydroxylation sites is 1. The van der Waals surface area contributed by atoms with Crippen LogP contribution in [-0.2, 0) is 20.7 Å². The number of ether oxygens (including phenoxy) is 1. The average Bonchev–Trinajstić information content (AvgIpc) is 3.48. The van der Waals surface area contributed by atoms with E-state index in [1.807, 2.05) is 24.3 Å². The monoisotopic (exact) mass is 460 g/mol. The number of aromatic nitrogens is 1. The number of benzene rings is 2. The number of fused-ring (bicyclic) bond motifs is 4. The number of amides is 2. The van der Waals surface area contributed by atoms with E-state index in [0.29, 0.717) is 25.1 Å². The van der Waals surface area contributed by atoms with E-state index < -0.39 is 17.0 Å². The molecule has 0 bridgehead atoms. The first kappa shape index (κ1) is 20.9. The number of carbonyl (C=O) groups excluding carboxylic acids is 2. The molecule has 6 rings (SSSR count). The van der Waals surface area contributed by atoms with Crippen molar-refractivity contribution in [2.45, 2.75) is 37.5 Å². The normalized spacial score (nSPS) is 24.4. The van der Waals surface area contributed by atoms with Gasteiger partial charge in [0.1, 0.15) is 6.04 Å². The number of hydrogen-bond donors (Lipinski definition) is 1. The molecule has 1 aromatic heterocycles. The van der Waals surface area contributed by atoms with E-state index >= 15 is 0 Å². The van der Waals surface area contributed by atoms with Gasteiger partial charge in [0, 0.05) is 48.3 Å². The molecular weight excluding hydrogens is 436 g/mol. The third kappa shape index (κ3) is 3.27. The first-order chi connectivity index (χ1) is 16.5. The molecule has 0 radical (unpaired) electrons. The van der Waals surface area contributed by atoms with Gasteiger partial charge < -0.3 is 19.5 Å². The highest BCUT2D eigenvalue weighted by Crippen LogP contribution is 2.43. The van der Waals surface area contributed by atoms with Gasteiger partial charge in [0.05, 0.1) is 23.6 Å². The van der Waals surface area contributed by atoms with Crippen molar-refractivity contribution in [3.8, 4) is 0 Å². The molecule has 4 heterocycles. The molecule has 2 saturated heterocycles. The third-order valence-corrected chi connectivity index (χ3v) is 7.19. The van der Waals surface area contributed by atoms with Crippen LogP contribution in [0.25, 0.3) is 10.9 Å². The second kappa shape index (κ2) is 7.95. The van der Waals surface area contributed by atoms with Crippen LogP contribution in [-0.4, -0.2) is 63.4 Å². The molecule has 3 aliphatic heterocycles. The summed E-state index contributed by atoms with van der Waals surface area (Å²) in [5.74, 6) is -0.259. The van der Waals surface area contributed by atoms with E-state index in [4.69, 9.17) is 4.74 Å². The number of carbonyl (C=O) groups is 2. The van der Waals surface area contributed by atoms with E-state index in [0.717, 1.165) is 35.0 Å². The number of nitro groups is 1. The highest BCUT2D eigenvalue weighted by atomic mass is 16.6. The Hall–Kier alpha value is -3.72. The maximum absolute atomic E-state index is 13.7. The molecule has 0 aliphatic carbocycles. The van der Waals surface area contributed by atoms with Crippen molar-refractivity contribution in [3.63, 3.8) is 0 Å². The minimum absolute atomic E-state index is 0.0177. The number of piperazine rings is 1. The molecule has 3 aromatic rings. The van der Waals surface area contributed by atoms with E-state index in [1.165, 1.54) is 12.1 Å². The zero-order valence-electron chi connectivity index (χ0n) is 18.5. The lowest BCUT2D eigenvalue weighted by Crippen LogP contribution is -2.63. The number of hydrogen-bond acceptors (Lipinski definition) is 5. The molecule has 0 unspecified atom stereocenters. The highest BCUT2D eigenvalue weighted by Gasteiger charge is 2.48. The molecule has 2 fully saturated rings. The third-order valence-electron chi connectivity index (χ3n) is 7.19. The van der Waals surface area contributed by atoms with Crippen LogP contribution in [0.3, 0.4) is 0 Å². The first-order valence-electron chi connectivity index (χ1n) is 11.6. The molecule has 34 heavy (non-hydrogen) atoms. The standard InChI is InChI=1S/C25H24N4O5/c30-22-14-27(13-17-7-4-10-34-17)25(31)21-12-19-18-8-1-2-9-20(18)26-23(19)24(28(21)22)15-5-3-6-16(11-15)29(32)33/h1-3,5-6,8-9,11,17,21,24,26H,4,7,10,12-14H2/t17-,21-,24-/m1/s1. The van der Waals surface area contributed by atoms with Gasteiger partial charge in [0.2, 0.25) is 11.8 Å². The van der Waals surface area contributed by atoms with Crippen molar-refractivity contribution in [2.24, 2.45) is 0 Å². The summed E-state index contributed by atoms with van der Waals surface area (Å²) in [6.07, 6.45) is 2.21. The van der Waals surface area contributed by atoms with E-state index in [-0.39, 0.29) is 30.2 Å². The summed E-state index contributed by atoms with van der Waals surface area (Å²) in [6, 6.07) is 12.9. The Morgan fingerprint density at radius 1 is 1.15 bits per heavy atom. The van der Waals surface area contributed by atoms with Gasteiger partial charge in [0.15, 0.2) is 0 Å². The fourth-order valence-electron chi connectivity index (χ4n) is 5.67. The highest BCUT2D eigenvalue weighted by molar-refractivity contribution is 5.97. The fraction of sp³-hybridized carbons (Fsp3) is 0.360. The van der Waals surface area contributed by atoms with Gasteiger partial charge in [-0.05, 0) is 30.0 Å². The Morgan fingerprint density at radius 3 is 2.79 bits per heavy atom. The smallest absolute Gasteiger partial charge is 0.269 e. The summed E-state index contributed by atoms with van der Waals surface area (Å²) in [6.45, 7) is 1.08. The topological polar surface area (TPSA) is 109 Å². The first-order valence-corrected chi connectivity index (χ1v) is 11.6. The molecule has 0 saturated carbocycles. The summed E-state index contributed by atoms with van der Waals surface area (Å²) in [7, 11) is 0. The predicted molar refractivity (Wildman–Crippen MR) is 123 cm³/mol. The molecule has 1 N–H and O–H groups in total. The number of nitrogens with zero attached hydrogens (tertiary/aromatic N) is 3. The Bertz CT molecular complexity index is 1310. The van der Waals surface area contributed by atoms with E-state index in [9.17, 15) is 19.7 Å². The number of H-pyrrole nitrogens is 1. The van der Waals surface area contributed by atoms with Crippen molar-refractivity contribution in [3.05, 3.63) is 75.5 Å². The van der Waals surface area contributed by atoms with Crippen LogP contribution < -0.4 is 0 Å². The van der Waals surface area contributed by atoms with Crippen molar-refractivity contribution in [2.75, 3.05) is 19.7 Å². The van der Waals surface area contributed by atoms with Crippen molar-refractivity contribution >= 4 is 28.4 Å². The summed E-state index contributed by atoms with van der Waals surface area (Å²) in [5, 5.41) is 12.5. The summed E-state index contributed by atoms with van der Waals surface area (Å²) in [5.41, 5.74) is 3.27. The maximum Gasteiger partial charge on any atom is 0.269 e. The Morgan fingerprint density at radius 2 is 2.00 bits per heavy atom. The van der Waals surface area contributed by atoms with E-state index in [1.54, 1.807) is 21.9 Å². The summed E-state index contributed by atoms with van der Waals surface area (Å²) < 4.78 is 5.72. The quantitative estimate of drug-likeness (QED) is 0.476. The second-order valence-electron chi connectivity index (χ2n) is 9.19. The van der Waals surface area contributed by atoms with Crippen LogP contribution in [0.2, 0.25) is 0 Å². The van der Waals surface area contributed by atoms with Crippen molar-refractivity contribution in [1.29, 1.82) is 0 Å². The fourth-order valence-corrected chi connectivity index (χ4v) is 5.67. The molecule has 9 nitrogen and oxygen atoms in total. The van der Waals surface area contributed by atoms with Crippen LogP contribution in [0.15, 0.2) is 48.5 Å². The van der Waals surface area contributed by atoms with Crippen LogP contribution in [0.1, 0.15) is 35.7 Å².